The van der Waals surface area contributed by atoms with E-state index < -0.39 is 0 Å². The Balaban J connectivity index is 1.96. The molecule has 0 bridgehead atoms. The zero-order valence-corrected chi connectivity index (χ0v) is 11.5. The molecule has 1 atom stereocenters. The summed E-state index contributed by atoms with van der Waals surface area (Å²) in [4.78, 5) is 23.3. The van der Waals surface area contributed by atoms with Crippen LogP contribution in [0.2, 0.25) is 0 Å². The van der Waals surface area contributed by atoms with Gasteiger partial charge in [-0.3, -0.25) is 4.79 Å². The zero-order valence-electron chi connectivity index (χ0n) is 11.5. The summed E-state index contributed by atoms with van der Waals surface area (Å²) in [6.07, 6.45) is 3.06. The Bertz CT molecular complexity index is 484. The SMILES string of the molecule is CNC(=O)Nc1cccc(NC(=O)C2CCCCN2)c1. The largest absolute Gasteiger partial charge is 0.341 e. The fourth-order valence-corrected chi connectivity index (χ4v) is 2.17. The topological polar surface area (TPSA) is 82.3 Å². The van der Waals surface area contributed by atoms with Gasteiger partial charge in [-0.05, 0) is 37.6 Å². The molecule has 6 heteroatoms. The Labute approximate surface area is 118 Å². The van der Waals surface area contributed by atoms with Gasteiger partial charge in [-0.1, -0.05) is 12.5 Å². The maximum Gasteiger partial charge on any atom is 0.318 e. The third-order valence-electron chi connectivity index (χ3n) is 3.24. The van der Waals surface area contributed by atoms with Crippen molar-refractivity contribution in [3.63, 3.8) is 0 Å². The standard InChI is InChI=1S/C14H20N4O2/c1-15-14(20)18-11-6-4-5-10(9-11)17-13(19)12-7-2-3-8-16-12/h4-6,9,12,16H,2-3,7-8H2,1H3,(H,17,19)(H2,15,18,20). The van der Waals surface area contributed by atoms with Gasteiger partial charge in [0.2, 0.25) is 5.91 Å². The molecule has 0 saturated carbocycles. The molecule has 4 N–H and O–H groups in total. The Kier molecular flexibility index (Phi) is 4.95. The minimum absolute atomic E-state index is 0.0261. The molecule has 0 aliphatic carbocycles. The lowest BCUT2D eigenvalue weighted by Gasteiger charge is -2.22. The van der Waals surface area contributed by atoms with Crippen LogP contribution < -0.4 is 21.3 Å². The molecule has 1 aromatic carbocycles. The van der Waals surface area contributed by atoms with Gasteiger partial charge in [0.25, 0.3) is 0 Å². The lowest BCUT2D eigenvalue weighted by Crippen LogP contribution is -2.43. The van der Waals surface area contributed by atoms with Crippen LogP contribution in [0.1, 0.15) is 19.3 Å². The smallest absolute Gasteiger partial charge is 0.318 e. The molecule has 1 fully saturated rings. The van der Waals surface area contributed by atoms with Crippen molar-refractivity contribution in [2.75, 3.05) is 24.2 Å². The summed E-state index contributed by atoms with van der Waals surface area (Å²) in [6.45, 7) is 0.885. The van der Waals surface area contributed by atoms with Crippen molar-refractivity contribution >= 4 is 23.3 Å². The second-order valence-electron chi connectivity index (χ2n) is 4.78. The molecule has 0 radical (unpaired) electrons. The van der Waals surface area contributed by atoms with E-state index in [1.165, 1.54) is 0 Å². The first kappa shape index (κ1) is 14.3. The van der Waals surface area contributed by atoms with Gasteiger partial charge in [0.05, 0.1) is 6.04 Å². The van der Waals surface area contributed by atoms with E-state index >= 15 is 0 Å². The molecule has 1 aromatic rings. The third kappa shape index (κ3) is 3.96. The Morgan fingerprint density at radius 3 is 2.60 bits per heavy atom. The monoisotopic (exact) mass is 276 g/mol. The van der Waals surface area contributed by atoms with Crippen molar-refractivity contribution in [3.8, 4) is 0 Å². The molecule has 1 aliphatic rings. The number of rotatable bonds is 3. The zero-order chi connectivity index (χ0) is 14.4. The normalized spacial score (nSPS) is 18.1. The van der Waals surface area contributed by atoms with Crippen LogP contribution in [0.15, 0.2) is 24.3 Å². The van der Waals surface area contributed by atoms with Gasteiger partial charge in [-0.2, -0.15) is 0 Å². The van der Waals surface area contributed by atoms with Gasteiger partial charge in [-0.15, -0.1) is 0 Å². The molecule has 1 unspecified atom stereocenters. The molecule has 20 heavy (non-hydrogen) atoms. The number of benzene rings is 1. The Hall–Kier alpha value is -2.08. The summed E-state index contributed by atoms with van der Waals surface area (Å²) in [5.74, 6) is -0.0261. The van der Waals surface area contributed by atoms with Crippen LogP contribution in [0.4, 0.5) is 16.2 Å². The van der Waals surface area contributed by atoms with E-state index in [1.807, 2.05) is 0 Å². The number of urea groups is 1. The number of anilines is 2. The first-order chi connectivity index (χ1) is 9.69. The molecular weight excluding hydrogens is 256 g/mol. The lowest BCUT2D eigenvalue weighted by atomic mass is 10.0. The molecule has 0 spiro atoms. The molecule has 3 amide bonds. The van der Waals surface area contributed by atoms with Crippen LogP contribution in [0.25, 0.3) is 0 Å². The average Bonchev–Trinajstić information content (AvgIpc) is 2.48. The van der Waals surface area contributed by atoms with Crippen molar-refractivity contribution < 1.29 is 9.59 Å². The van der Waals surface area contributed by atoms with E-state index in [4.69, 9.17) is 0 Å². The van der Waals surface area contributed by atoms with Crippen molar-refractivity contribution in [2.24, 2.45) is 0 Å². The van der Waals surface area contributed by atoms with Crippen LogP contribution in [-0.2, 0) is 4.79 Å². The maximum atomic E-state index is 12.1. The van der Waals surface area contributed by atoms with Crippen molar-refractivity contribution in [3.05, 3.63) is 24.3 Å². The highest BCUT2D eigenvalue weighted by Gasteiger charge is 2.20. The summed E-state index contributed by atoms with van der Waals surface area (Å²) in [7, 11) is 1.55. The van der Waals surface area contributed by atoms with Gasteiger partial charge in [0.1, 0.15) is 0 Å². The van der Waals surface area contributed by atoms with Gasteiger partial charge in [-0.25, -0.2) is 4.79 Å². The van der Waals surface area contributed by atoms with E-state index in [1.54, 1.807) is 31.3 Å². The van der Waals surface area contributed by atoms with Crippen LogP contribution >= 0.6 is 0 Å². The van der Waals surface area contributed by atoms with Crippen molar-refractivity contribution in [2.45, 2.75) is 25.3 Å². The number of carbonyl (C=O) groups is 2. The van der Waals surface area contributed by atoms with Gasteiger partial charge in [0, 0.05) is 18.4 Å². The fourth-order valence-electron chi connectivity index (χ4n) is 2.17. The highest BCUT2D eigenvalue weighted by molar-refractivity contribution is 5.96. The van der Waals surface area contributed by atoms with Gasteiger partial charge >= 0.3 is 6.03 Å². The van der Waals surface area contributed by atoms with E-state index in [9.17, 15) is 9.59 Å². The molecule has 1 aliphatic heterocycles. The van der Waals surface area contributed by atoms with Crippen LogP contribution in [0.3, 0.4) is 0 Å². The number of carbonyl (C=O) groups excluding carboxylic acids is 2. The molecule has 108 valence electrons. The summed E-state index contributed by atoms with van der Waals surface area (Å²) in [5.41, 5.74) is 1.31. The number of hydrogen-bond acceptors (Lipinski definition) is 3. The first-order valence-corrected chi connectivity index (χ1v) is 6.82. The van der Waals surface area contributed by atoms with Crippen LogP contribution in [0.5, 0.6) is 0 Å². The lowest BCUT2D eigenvalue weighted by molar-refractivity contribution is -0.118. The van der Waals surface area contributed by atoms with Crippen molar-refractivity contribution in [1.29, 1.82) is 0 Å². The molecule has 1 saturated heterocycles. The Morgan fingerprint density at radius 1 is 1.20 bits per heavy atom. The van der Waals surface area contributed by atoms with Gasteiger partial charge < -0.3 is 21.3 Å². The highest BCUT2D eigenvalue weighted by Crippen LogP contribution is 2.16. The maximum absolute atomic E-state index is 12.1. The molecule has 0 aromatic heterocycles. The predicted octanol–water partition coefficient (Wildman–Crippen LogP) is 1.52. The van der Waals surface area contributed by atoms with Crippen molar-refractivity contribution in [1.82, 2.24) is 10.6 Å². The van der Waals surface area contributed by atoms with E-state index in [-0.39, 0.29) is 18.0 Å². The summed E-state index contributed by atoms with van der Waals surface area (Å²) < 4.78 is 0. The molecule has 6 nitrogen and oxygen atoms in total. The van der Waals surface area contributed by atoms with Crippen LogP contribution in [0, 0.1) is 0 Å². The van der Waals surface area contributed by atoms with E-state index in [2.05, 4.69) is 21.3 Å². The van der Waals surface area contributed by atoms with Gasteiger partial charge in [0.15, 0.2) is 0 Å². The Morgan fingerprint density at radius 2 is 1.95 bits per heavy atom. The minimum Gasteiger partial charge on any atom is -0.341 e. The minimum atomic E-state index is -0.289. The average molecular weight is 276 g/mol. The highest BCUT2D eigenvalue weighted by atomic mass is 16.2. The van der Waals surface area contributed by atoms with E-state index in [0.29, 0.717) is 11.4 Å². The summed E-state index contributed by atoms with van der Waals surface area (Å²) in [5, 5.41) is 11.2. The second kappa shape index (κ2) is 6.91. The number of amides is 3. The number of nitrogens with one attached hydrogen (secondary N) is 4. The number of hydrogen-bond donors (Lipinski definition) is 4. The fraction of sp³-hybridized carbons (Fsp3) is 0.429. The predicted molar refractivity (Wildman–Crippen MR) is 78.8 cm³/mol. The van der Waals surface area contributed by atoms with Crippen LogP contribution in [-0.4, -0.2) is 31.6 Å². The molecular formula is C14H20N4O2. The first-order valence-electron chi connectivity index (χ1n) is 6.82. The second-order valence-corrected chi connectivity index (χ2v) is 4.78. The third-order valence-corrected chi connectivity index (χ3v) is 3.24. The molecule has 2 rings (SSSR count). The summed E-state index contributed by atoms with van der Waals surface area (Å²) >= 11 is 0. The van der Waals surface area contributed by atoms with E-state index in [0.717, 1.165) is 25.8 Å². The molecule has 1 heterocycles. The number of piperidine rings is 1. The quantitative estimate of drug-likeness (QED) is 0.675. The summed E-state index contributed by atoms with van der Waals surface area (Å²) in [6, 6.07) is 6.67.